The van der Waals surface area contributed by atoms with Gasteiger partial charge in [-0.2, -0.15) is 13.2 Å². The van der Waals surface area contributed by atoms with E-state index in [-0.39, 0.29) is 12.5 Å². The number of hydrogen-bond acceptors (Lipinski definition) is 5. The van der Waals surface area contributed by atoms with Crippen molar-refractivity contribution in [3.8, 4) is 0 Å². The van der Waals surface area contributed by atoms with Gasteiger partial charge in [0.15, 0.2) is 5.95 Å². The third-order valence-corrected chi connectivity index (χ3v) is 3.39. The van der Waals surface area contributed by atoms with E-state index in [4.69, 9.17) is 10.5 Å². The van der Waals surface area contributed by atoms with Gasteiger partial charge in [0.05, 0.1) is 13.2 Å². The Morgan fingerprint density at radius 2 is 2.14 bits per heavy atom. The van der Waals surface area contributed by atoms with E-state index in [0.29, 0.717) is 31.2 Å². The summed E-state index contributed by atoms with van der Waals surface area (Å²) in [7, 11) is 0. The molecule has 0 bridgehead atoms. The van der Waals surface area contributed by atoms with E-state index in [0.717, 1.165) is 6.07 Å². The molecule has 0 amide bonds. The lowest BCUT2D eigenvalue weighted by atomic mass is 10.2. The Hall–Kier alpha value is -2.29. The van der Waals surface area contributed by atoms with Crippen molar-refractivity contribution in [2.45, 2.75) is 12.7 Å². The van der Waals surface area contributed by atoms with Gasteiger partial charge in [-0.05, 0) is 6.07 Å². The quantitative estimate of drug-likeness (QED) is 0.934. The second-order valence-electron chi connectivity index (χ2n) is 4.89. The van der Waals surface area contributed by atoms with Crippen LogP contribution < -0.4 is 10.6 Å². The summed E-state index contributed by atoms with van der Waals surface area (Å²) in [5, 5.41) is 0. The number of nitrogen functional groups attached to an aromatic ring is 1. The molecule has 9 heteroatoms. The lowest BCUT2D eigenvalue weighted by molar-refractivity contribution is -0.141. The Balaban J connectivity index is 1.99. The van der Waals surface area contributed by atoms with Crippen molar-refractivity contribution >= 4 is 11.8 Å². The van der Waals surface area contributed by atoms with E-state index in [2.05, 4.69) is 9.97 Å². The molecule has 0 radical (unpaired) electrons. The Labute approximate surface area is 124 Å². The number of rotatable bonds is 3. The van der Waals surface area contributed by atoms with Gasteiger partial charge in [-0.25, -0.2) is 9.97 Å². The van der Waals surface area contributed by atoms with Crippen LogP contribution in [-0.2, 0) is 17.5 Å². The molecule has 0 saturated carbocycles. The number of imidazole rings is 1. The first-order chi connectivity index (χ1) is 10.4. The van der Waals surface area contributed by atoms with Crippen LogP contribution in [-0.4, -0.2) is 34.4 Å². The maximum Gasteiger partial charge on any atom is 0.433 e. The van der Waals surface area contributed by atoms with Crippen molar-refractivity contribution in [3.05, 3.63) is 35.8 Å². The highest BCUT2D eigenvalue weighted by Crippen LogP contribution is 2.31. The molecular formula is C13H14F3N5O. The van der Waals surface area contributed by atoms with Crippen LogP contribution in [0.2, 0.25) is 0 Å². The maximum atomic E-state index is 12.9. The fourth-order valence-electron chi connectivity index (χ4n) is 2.27. The molecule has 1 saturated heterocycles. The van der Waals surface area contributed by atoms with Gasteiger partial charge in [-0.3, -0.25) is 0 Å². The SMILES string of the molecule is Nc1nccn1Cc1ccc(C(F)(F)F)nc1N1CCOC1. The second kappa shape index (κ2) is 5.48. The van der Waals surface area contributed by atoms with E-state index < -0.39 is 11.9 Å². The van der Waals surface area contributed by atoms with Crippen molar-refractivity contribution < 1.29 is 17.9 Å². The third-order valence-electron chi connectivity index (χ3n) is 3.39. The summed E-state index contributed by atoms with van der Waals surface area (Å²) in [6, 6.07) is 2.39. The standard InChI is InChI=1S/C13H14F3N5O/c14-13(15,16)10-2-1-9(7-20-4-3-18-12(20)17)11(19-10)21-5-6-22-8-21/h1-4H,5-8H2,(H2,17,18). The van der Waals surface area contributed by atoms with E-state index in [1.54, 1.807) is 15.7 Å². The van der Waals surface area contributed by atoms with Gasteiger partial charge >= 0.3 is 6.18 Å². The van der Waals surface area contributed by atoms with Crippen molar-refractivity contribution in [1.82, 2.24) is 14.5 Å². The Bertz CT molecular complexity index is 664. The van der Waals surface area contributed by atoms with Gasteiger partial charge in [-0.15, -0.1) is 0 Å². The molecule has 0 atom stereocenters. The maximum absolute atomic E-state index is 12.9. The van der Waals surface area contributed by atoms with Crippen LogP contribution in [0.5, 0.6) is 0 Å². The fourth-order valence-corrected chi connectivity index (χ4v) is 2.27. The average molecular weight is 313 g/mol. The lowest BCUT2D eigenvalue weighted by Crippen LogP contribution is -2.24. The molecule has 1 aliphatic rings. The van der Waals surface area contributed by atoms with Crippen molar-refractivity contribution in [1.29, 1.82) is 0 Å². The summed E-state index contributed by atoms with van der Waals surface area (Å²) < 4.78 is 45.5. The summed E-state index contributed by atoms with van der Waals surface area (Å²) >= 11 is 0. The summed E-state index contributed by atoms with van der Waals surface area (Å²) in [6.07, 6.45) is -1.29. The molecule has 22 heavy (non-hydrogen) atoms. The molecule has 3 rings (SSSR count). The Morgan fingerprint density at radius 1 is 1.32 bits per heavy atom. The van der Waals surface area contributed by atoms with Crippen LogP contribution in [0.4, 0.5) is 24.9 Å². The van der Waals surface area contributed by atoms with Crippen LogP contribution in [0.1, 0.15) is 11.3 Å². The molecule has 1 aliphatic heterocycles. The first-order valence-corrected chi connectivity index (χ1v) is 6.61. The highest BCUT2D eigenvalue weighted by atomic mass is 19.4. The smallest absolute Gasteiger partial charge is 0.369 e. The zero-order valence-electron chi connectivity index (χ0n) is 11.5. The Morgan fingerprint density at radius 3 is 2.73 bits per heavy atom. The van der Waals surface area contributed by atoms with E-state index in [1.807, 2.05) is 0 Å². The minimum absolute atomic E-state index is 0.223. The highest BCUT2D eigenvalue weighted by molar-refractivity contribution is 5.49. The molecule has 2 N–H and O–H groups in total. The van der Waals surface area contributed by atoms with Gasteiger partial charge in [-0.1, -0.05) is 6.07 Å². The summed E-state index contributed by atoms with van der Waals surface area (Å²) in [5.41, 5.74) is 5.41. The number of pyridine rings is 1. The van der Waals surface area contributed by atoms with Gasteiger partial charge in [0.1, 0.15) is 18.2 Å². The molecular weight excluding hydrogens is 299 g/mol. The largest absolute Gasteiger partial charge is 0.433 e. The van der Waals surface area contributed by atoms with E-state index in [9.17, 15) is 13.2 Å². The van der Waals surface area contributed by atoms with Crippen LogP contribution in [0.15, 0.2) is 24.5 Å². The highest BCUT2D eigenvalue weighted by Gasteiger charge is 2.34. The number of halogens is 3. The van der Waals surface area contributed by atoms with Crippen LogP contribution in [0.25, 0.3) is 0 Å². The lowest BCUT2D eigenvalue weighted by Gasteiger charge is -2.20. The van der Waals surface area contributed by atoms with Crippen LogP contribution >= 0.6 is 0 Å². The number of aromatic nitrogens is 3. The molecule has 0 unspecified atom stereocenters. The minimum atomic E-state index is -4.48. The molecule has 118 valence electrons. The van der Waals surface area contributed by atoms with Crippen LogP contribution in [0.3, 0.4) is 0 Å². The zero-order valence-corrected chi connectivity index (χ0v) is 11.5. The number of hydrogen-bond donors (Lipinski definition) is 1. The molecule has 6 nitrogen and oxygen atoms in total. The monoisotopic (exact) mass is 313 g/mol. The second-order valence-corrected chi connectivity index (χ2v) is 4.89. The van der Waals surface area contributed by atoms with Gasteiger partial charge in [0.2, 0.25) is 0 Å². The third kappa shape index (κ3) is 2.84. The average Bonchev–Trinajstić information content (AvgIpc) is 3.11. The number of nitrogens with two attached hydrogens (primary N) is 1. The molecule has 3 heterocycles. The predicted molar refractivity (Wildman–Crippen MR) is 73.1 cm³/mol. The number of nitrogens with zero attached hydrogens (tertiary/aromatic N) is 4. The molecule has 1 fully saturated rings. The van der Waals surface area contributed by atoms with Crippen molar-refractivity contribution in [2.24, 2.45) is 0 Å². The van der Waals surface area contributed by atoms with E-state index >= 15 is 0 Å². The van der Waals surface area contributed by atoms with Crippen molar-refractivity contribution in [3.63, 3.8) is 0 Å². The molecule has 2 aromatic rings. The number of anilines is 2. The minimum Gasteiger partial charge on any atom is -0.369 e. The van der Waals surface area contributed by atoms with Gasteiger partial charge < -0.3 is 19.9 Å². The molecule has 0 aliphatic carbocycles. The topological polar surface area (TPSA) is 69.2 Å². The summed E-state index contributed by atoms with van der Waals surface area (Å²) in [5.74, 6) is 0.559. The fraction of sp³-hybridized carbons (Fsp3) is 0.385. The van der Waals surface area contributed by atoms with Crippen LogP contribution in [0, 0.1) is 0 Å². The van der Waals surface area contributed by atoms with E-state index in [1.165, 1.54) is 12.3 Å². The predicted octanol–water partition coefficient (Wildman–Crippen LogP) is 1.72. The van der Waals surface area contributed by atoms with Gasteiger partial charge in [0.25, 0.3) is 0 Å². The Kier molecular flexibility index (Phi) is 3.65. The normalized spacial score (nSPS) is 15.5. The summed E-state index contributed by atoms with van der Waals surface area (Å²) in [4.78, 5) is 9.36. The first-order valence-electron chi connectivity index (χ1n) is 6.61. The molecule has 0 aromatic carbocycles. The van der Waals surface area contributed by atoms with Gasteiger partial charge in [0, 0.05) is 24.5 Å². The summed E-state index contributed by atoms with van der Waals surface area (Å²) in [6.45, 7) is 1.48. The number of ether oxygens (including phenoxy) is 1. The molecule has 0 spiro atoms. The number of alkyl halides is 3. The molecule has 2 aromatic heterocycles. The first kappa shape index (κ1) is 14.6. The van der Waals surface area contributed by atoms with Crippen molar-refractivity contribution in [2.75, 3.05) is 30.5 Å². The zero-order chi connectivity index (χ0) is 15.7.